The number of hydrogen-bond acceptors (Lipinski definition) is 6. The van der Waals surface area contributed by atoms with E-state index in [0.29, 0.717) is 69.3 Å². The molecule has 0 atom stereocenters. The molecule has 0 amide bonds. The molecule has 0 saturated heterocycles. The maximum atomic E-state index is 11.7. The average Bonchev–Trinajstić information content (AvgIpc) is 3.03. The Kier molecular flexibility index (Phi) is 9.19. The Morgan fingerprint density at radius 1 is 0.432 bits per heavy atom. The van der Waals surface area contributed by atoms with Gasteiger partial charge in [-0.1, -0.05) is 52.0 Å². The SMILES string of the molecule is CCc1nc2ccccc2nc(CC)c2cc(C)cc(c(CC)nc3ccccc3nc(CC)c3cc(C)cc1c3O)c2O. The first-order valence-corrected chi connectivity index (χ1v) is 15.4. The van der Waals surface area contributed by atoms with Crippen molar-refractivity contribution in [3.63, 3.8) is 0 Å². The summed E-state index contributed by atoms with van der Waals surface area (Å²) in [7, 11) is 0. The topological polar surface area (TPSA) is 92.0 Å². The Bertz CT molecular complexity index is 1780. The molecule has 0 unspecified atom stereocenters. The molecule has 0 saturated carbocycles. The molecule has 6 nitrogen and oxygen atoms in total. The molecule has 224 valence electrons. The summed E-state index contributed by atoms with van der Waals surface area (Å²) in [6, 6.07) is 23.4. The van der Waals surface area contributed by atoms with Crippen LogP contribution in [0.1, 0.15) is 61.6 Å². The van der Waals surface area contributed by atoms with Crippen LogP contribution >= 0.6 is 0 Å². The minimum atomic E-state index is 0.166. The minimum Gasteiger partial charge on any atom is -0.507 e. The predicted molar refractivity (Wildman–Crippen MR) is 182 cm³/mol. The van der Waals surface area contributed by atoms with Gasteiger partial charge in [-0.15, -0.1) is 0 Å². The molecule has 0 fully saturated rings. The van der Waals surface area contributed by atoms with Crippen molar-refractivity contribution in [1.29, 1.82) is 0 Å². The van der Waals surface area contributed by atoms with Crippen LogP contribution in [0.4, 0.5) is 0 Å². The zero-order valence-electron chi connectivity index (χ0n) is 26.4. The Labute approximate surface area is 258 Å². The van der Waals surface area contributed by atoms with E-state index in [1.807, 2.05) is 114 Å². The number of benzene rings is 4. The van der Waals surface area contributed by atoms with Crippen LogP contribution in [0.2, 0.25) is 0 Å². The lowest BCUT2D eigenvalue weighted by molar-refractivity contribution is 0.485. The van der Waals surface area contributed by atoms with Crippen molar-refractivity contribution < 1.29 is 10.2 Å². The summed E-state index contributed by atoms with van der Waals surface area (Å²) in [5.74, 6) is 0.331. The first kappa shape index (κ1) is 30.6. The third-order valence-electron chi connectivity index (χ3n) is 7.88. The minimum absolute atomic E-state index is 0.166. The quantitative estimate of drug-likeness (QED) is 0.219. The second kappa shape index (κ2) is 13.2. The zero-order valence-corrected chi connectivity index (χ0v) is 26.4. The van der Waals surface area contributed by atoms with Crippen LogP contribution in [0.25, 0.3) is 43.6 Å². The van der Waals surface area contributed by atoms with E-state index >= 15 is 0 Å². The van der Waals surface area contributed by atoms with E-state index in [4.69, 9.17) is 19.9 Å². The largest absolute Gasteiger partial charge is 0.507 e. The van der Waals surface area contributed by atoms with Crippen molar-refractivity contribution in [2.24, 2.45) is 0 Å². The number of rotatable bonds is 4. The van der Waals surface area contributed by atoms with Gasteiger partial charge in [0.1, 0.15) is 11.5 Å². The van der Waals surface area contributed by atoms with Gasteiger partial charge in [-0.25, -0.2) is 0 Å². The van der Waals surface area contributed by atoms with Gasteiger partial charge in [-0.3, -0.25) is 19.9 Å². The molecular weight excluding hydrogens is 544 g/mol. The number of aryl methyl sites for hydroxylation is 6. The molecule has 0 aliphatic carbocycles. The average molecular weight is 585 g/mol. The number of phenols is 2. The number of fused-ring (bicyclic) bond motifs is 6. The summed E-state index contributed by atoms with van der Waals surface area (Å²) in [6.45, 7) is 12.2. The molecule has 0 spiro atoms. The highest BCUT2D eigenvalue weighted by molar-refractivity contribution is 5.87. The highest BCUT2D eigenvalue weighted by atomic mass is 16.3. The normalized spacial score (nSPS) is 11.0. The summed E-state index contributed by atoms with van der Waals surface area (Å²) in [6.07, 6.45) is 2.42. The Morgan fingerprint density at radius 2 is 0.659 bits per heavy atom. The molecule has 0 aliphatic heterocycles. The molecule has 44 heavy (non-hydrogen) atoms. The second-order valence-electron chi connectivity index (χ2n) is 11.0. The molecule has 5 aromatic rings. The maximum absolute atomic E-state index is 11.7. The molecule has 4 bridgehead atoms. The number of nitrogens with zero attached hydrogens (tertiary/aromatic N) is 4. The van der Waals surface area contributed by atoms with E-state index in [9.17, 15) is 10.2 Å². The van der Waals surface area contributed by atoms with Crippen molar-refractivity contribution in [2.75, 3.05) is 0 Å². The van der Waals surface area contributed by atoms with Crippen LogP contribution in [0.3, 0.4) is 0 Å². The molecule has 6 heteroatoms. The first-order chi connectivity index (χ1) is 21.3. The van der Waals surface area contributed by atoms with E-state index in [-0.39, 0.29) is 11.5 Å². The summed E-state index contributed by atoms with van der Waals surface area (Å²) >= 11 is 0. The van der Waals surface area contributed by atoms with Gasteiger partial charge in [0.15, 0.2) is 0 Å². The van der Waals surface area contributed by atoms with Crippen LogP contribution in [0, 0.1) is 13.8 Å². The lowest BCUT2D eigenvalue weighted by Gasteiger charge is -2.09. The van der Waals surface area contributed by atoms with Gasteiger partial charge < -0.3 is 10.2 Å². The fraction of sp³-hybridized carbons (Fsp3) is 0.263. The van der Waals surface area contributed by atoms with Crippen molar-refractivity contribution in [3.8, 4) is 11.5 Å². The van der Waals surface area contributed by atoms with E-state index in [0.717, 1.165) is 33.9 Å². The summed E-state index contributed by atoms with van der Waals surface area (Å²) in [4.78, 5) is 20.3. The van der Waals surface area contributed by atoms with Crippen molar-refractivity contribution in [2.45, 2.75) is 67.2 Å². The zero-order chi connectivity index (χ0) is 31.4. The van der Waals surface area contributed by atoms with Gasteiger partial charge >= 0.3 is 0 Å². The number of para-hydroxylation sites is 4. The molecule has 2 N–H and O–H groups in total. The number of hydrogen-bond donors (Lipinski definition) is 2. The maximum Gasteiger partial charge on any atom is 0.133 e. The van der Waals surface area contributed by atoms with Crippen LogP contribution < -0.4 is 0 Å². The summed E-state index contributed by atoms with van der Waals surface area (Å²) < 4.78 is 0. The molecule has 1 heterocycles. The van der Waals surface area contributed by atoms with Gasteiger partial charge in [0.25, 0.3) is 0 Å². The summed E-state index contributed by atoms with van der Waals surface area (Å²) in [5.41, 5.74) is 7.80. The molecule has 1 aromatic heterocycles. The van der Waals surface area contributed by atoms with Crippen molar-refractivity contribution >= 4 is 43.6 Å². The Balaban J connectivity index is 2.15. The third kappa shape index (κ3) is 6.11. The van der Waals surface area contributed by atoms with Gasteiger partial charge in [0.05, 0.1) is 44.8 Å². The van der Waals surface area contributed by atoms with E-state index in [1.54, 1.807) is 0 Å². The molecule has 5 rings (SSSR count). The van der Waals surface area contributed by atoms with Gasteiger partial charge in [-0.2, -0.15) is 0 Å². The smallest absolute Gasteiger partial charge is 0.133 e. The highest BCUT2D eigenvalue weighted by Gasteiger charge is 2.12. The molecule has 4 aromatic carbocycles. The Morgan fingerprint density at radius 3 is 0.864 bits per heavy atom. The van der Waals surface area contributed by atoms with Crippen LogP contribution in [0.15, 0.2) is 72.8 Å². The standard InChI is InChI=1S/C38H40N4O2/c1-7-29-25-19-23(5)20-26(37(25)43)30(8-2)41-35-17-13-14-18-36(35)42-32(10-4)28-22-24(6)21-27(38(28)44)31(9-3)40-34-16-12-11-15-33(34)39-29/h11-22,43-44H,7-10H2,1-6H3. The van der Waals surface area contributed by atoms with E-state index in [1.165, 1.54) is 0 Å². The third-order valence-corrected chi connectivity index (χ3v) is 7.88. The highest BCUT2D eigenvalue weighted by Crippen LogP contribution is 2.32. The first-order valence-electron chi connectivity index (χ1n) is 15.4. The van der Waals surface area contributed by atoms with Gasteiger partial charge in [0.2, 0.25) is 0 Å². The summed E-state index contributed by atoms with van der Waals surface area (Å²) in [5, 5.41) is 26.2. The predicted octanol–water partition coefficient (Wildman–Crippen LogP) is 8.97. The monoisotopic (exact) mass is 584 g/mol. The van der Waals surface area contributed by atoms with Crippen molar-refractivity contribution in [1.82, 2.24) is 19.9 Å². The van der Waals surface area contributed by atoms with Crippen LogP contribution in [-0.2, 0) is 25.7 Å². The fourth-order valence-electron chi connectivity index (χ4n) is 5.64. The lowest BCUT2D eigenvalue weighted by atomic mass is 10.0. The van der Waals surface area contributed by atoms with E-state index in [2.05, 4.69) is 0 Å². The van der Waals surface area contributed by atoms with Crippen molar-refractivity contribution in [3.05, 3.63) is 107 Å². The fourth-order valence-corrected chi connectivity index (χ4v) is 5.64. The molecular formula is C38H40N4O2. The number of aromatic hydroxyl groups is 2. The second-order valence-corrected chi connectivity index (χ2v) is 11.0. The lowest BCUT2D eigenvalue weighted by Crippen LogP contribution is -1.94. The van der Waals surface area contributed by atoms with Crippen LogP contribution in [-0.4, -0.2) is 30.1 Å². The number of aromatic nitrogens is 4. The molecule has 0 aliphatic rings. The van der Waals surface area contributed by atoms with E-state index < -0.39 is 0 Å². The van der Waals surface area contributed by atoms with Crippen LogP contribution in [0.5, 0.6) is 11.5 Å². The van der Waals surface area contributed by atoms with Gasteiger partial charge in [-0.05, 0) is 99.2 Å². The molecule has 0 radical (unpaired) electrons. The number of phenolic OH excluding ortho intramolecular Hbond substituents is 2. The Hall–Kier alpha value is -4.84. The van der Waals surface area contributed by atoms with Gasteiger partial charge in [0, 0.05) is 21.5 Å².